The first-order chi connectivity index (χ1) is 13.0. The number of aromatic nitrogens is 1. The Labute approximate surface area is 152 Å². The van der Waals surface area contributed by atoms with E-state index in [0.717, 1.165) is 0 Å². The zero-order valence-electron chi connectivity index (χ0n) is 14.1. The summed E-state index contributed by atoms with van der Waals surface area (Å²) in [6, 6.07) is 12.7. The van der Waals surface area contributed by atoms with Crippen molar-refractivity contribution in [1.29, 1.82) is 0 Å². The second kappa shape index (κ2) is 7.77. The Morgan fingerprint density at radius 3 is 2.63 bits per heavy atom. The van der Waals surface area contributed by atoms with E-state index in [1.807, 2.05) is 0 Å². The van der Waals surface area contributed by atoms with E-state index in [9.17, 15) is 18.9 Å². The molecule has 0 N–H and O–H groups in total. The number of non-ortho nitro benzene ring substituents is 1. The van der Waals surface area contributed by atoms with E-state index in [2.05, 4.69) is 9.72 Å². The number of benzene rings is 2. The molecule has 3 rings (SSSR count). The minimum Gasteiger partial charge on any atom is -0.493 e. The third kappa shape index (κ3) is 4.17. The van der Waals surface area contributed by atoms with Crippen LogP contribution in [0, 0.1) is 10.1 Å². The normalized spacial score (nSPS) is 11.3. The van der Waals surface area contributed by atoms with Crippen molar-refractivity contribution in [1.82, 2.24) is 4.98 Å². The lowest BCUT2D eigenvalue weighted by Gasteiger charge is -2.10. The van der Waals surface area contributed by atoms with Crippen molar-refractivity contribution in [2.75, 3.05) is 7.11 Å². The largest absolute Gasteiger partial charge is 0.493 e. The number of fused-ring (bicyclic) bond motifs is 1. The SMILES string of the molecule is COc1cc(/C=C/c2ccc3cccc([N+](=O)[O-])c3n2)ccc1OC(F)F. The second-order valence-electron chi connectivity index (χ2n) is 5.46. The molecule has 0 aliphatic carbocycles. The average molecular weight is 372 g/mol. The quantitative estimate of drug-likeness (QED) is 0.453. The van der Waals surface area contributed by atoms with Gasteiger partial charge in [-0.05, 0) is 29.8 Å². The maximum atomic E-state index is 12.4. The predicted molar refractivity (Wildman–Crippen MR) is 97.0 cm³/mol. The van der Waals surface area contributed by atoms with Crippen LogP contribution in [-0.4, -0.2) is 23.6 Å². The van der Waals surface area contributed by atoms with Gasteiger partial charge in [0.25, 0.3) is 5.69 Å². The van der Waals surface area contributed by atoms with Crippen LogP contribution in [0.15, 0.2) is 48.5 Å². The number of para-hydroxylation sites is 1. The maximum absolute atomic E-state index is 12.4. The van der Waals surface area contributed by atoms with Gasteiger partial charge < -0.3 is 9.47 Å². The Morgan fingerprint density at radius 2 is 1.93 bits per heavy atom. The highest BCUT2D eigenvalue weighted by molar-refractivity contribution is 5.88. The lowest BCUT2D eigenvalue weighted by atomic mass is 10.1. The minimum atomic E-state index is -2.95. The van der Waals surface area contributed by atoms with Crippen molar-refractivity contribution in [2.45, 2.75) is 6.61 Å². The number of alkyl halides is 2. The molecule has 1 aromatic heterocycles. The van der Waals surface area contributed by atoms with Crippen molar-refractivity contribution >= 4 is 28.7 Å². The summed E-state index contributed by atoms with van der Waals surface area (Å²) in [4.78, 5) is 15.0. The summed E-state index contributed by atoms with van der Waals surface area (Å²) in [5.41, 5.74) is 1.41. The summed E-state index contributed by atoms with van der Waals surface area (Å²) in [6.45, 7) is -2.95. The smallest absolute Gasteiger partial charge is 0.387 e. The predicted octanol–water partition coefficient (Wildman–Crippen LogP) is 4.92. The fraction of sp³-hybridized carbons (Fsp3) is 0.105. The molecule has 0 saturated carbocycles. The van der Waals surface area contributed by atoms with Gasteiger partial charge in [0.1, 0.15) is 5.52 Å². The molecule has 0 aliphatic rings. The standard InChI is InChI=1S/C19H14F2N2O4/c1-26-17-11-12(6-10-16(17)27-19(20)21)5-8-14-9-7-13-3-2-4-15(23(24)25)18(13)22-14/h2-11,19H,1H3/b8-5+. The van der Waals surface area contributed by atoms with Crippen LogP contribution in [0.4, 0.5) is 14.5 Å². The van der Waals surface area contributed by atoms with Gasteiger partial charge in [-0.25, -0.2) is 4.98 Å². The average Bonchev–Trinajstić information content (AvgIpc) is 2.66. The molecule has 0 fully saturated rings. The molecule has 6 nitrogen and oxygen atoms in total. The van der Waals surface area contributed by atoms with Gasteiger partial charge in [-0.3, -0.25) is 10.1 Å². The fourth-order valence-corrected chi connectivity index (χ4v) is 2.55. The molecule has 0 aliphatic heterocycles. The second-order valence-corrected chi connectivity index (χ2v) is 5.46. The third-order valence-electron chi connectivity index (χ3n) is 3.77. The van der Waals surface area contributed by atoms with Crippen LogP contribution in [0.1, 0.15) is 11.3 Å². The molecular formula is C19H14F2N2O4. The summed E-state index contributed by atoms with van der Waals surface area (Å²) in [7, 11) is 1.35. The van der Waals surface area contributed by atoms with Gasteiger partial charge in [0, 0.05) is 11.5 Å². The van der Waals surface area contributed by atoms with Crippen molar-refractivity contribution < 1.29 is 23.2 Å². The minimum absolute atomic E-state index is 0.0656. The summed E-state index contributed by atoms with van der Waals surface area (Å²) >= 11 is 0. The molecule has 0 saturated heterocycles. The molecule has 0 bridgehead atoms. The van der Waals surface area contributed by atoms with Gasteiger partial charge in [-0.15, -0.1) is 0 Å². The van der Waals surface area contributed by atoms with E-state index in [4.69, 9.17) is 4.74 Å². The topological polar surface area (TPSA) is 74.5 Å². The van der Waals surface area contributed by atoms with Crippen LogP contribution in [0.3, 0.4) is 0 Å². The highest BCUT2D eigenvalue weighted by Crippen LogP contribution is 2.30. The number of hydrogen-bond acceptors (Lipinski definition) is 5. The molecule has 1 heterocycles. The summed E-state index contributed by atoms with van der Waals surface area (Å²) in [6.07, 6.45) is 3.36. The van der Waals surface area contributed by atoms with Gasteiger partial charge in [-0.1, -0.05) is 30.3 Å². The Bertz CT molecular complexity index is 1020. The van der Waals surface area contributed by atoms with Gasteiger partial charge in [-0.2, -0.15) is 8.78 Å². The Balaban J connectivity index is 1.91. The number of nitrogens with zero attached hydrogens (tertiary/aromatic N) is 2. The number of hydrogen-bond donors (Lipinski definition) is 0. The number of pyridine rings is 1. The van der Waals surface area contributed by atoms with Gasteiger partial charge >= 0.3 is 6.61 Å². The number of rotatable bonds is 6. The van der Waals surface area contributed by atoms with Crippen LogP contribution in [0.25, 0.3) is 23.1 Å². The molecule has 0 unspecified atom stereocenters. The van der Waals surface area contributed by atoms with Crippen LogP contribution < -0.4 is 9.47 Å². The number of nitro benzene ring substituents is 1. The van der Waals surface area contributed by atoms with Crippen LogP contribution in [0.2, 0.25) is 0 Å². The van der Waals surface area contributed by atoms with Crippen molar-refractivity contribution in [2.24, 2.45) is 0 Å². The van der Waals surface area contributed by atoms with Gasteiger partial charge in [0.05, 0.1) is 17.7 Å². The molecule has 27 heavy (non-hydrogen) atoms. The van der Waals surface area contributed by atoms with Crippen LogP contribution in [0.5, 0.6) is 11.5 Å². The zero-order chi connectivity index (χ0) is 19.4. The molecule has 2 aromatic carbocycles. The van der Waals surface area contributed by atoms with E-state index in [1.165, 1.54) is 25.3 Å². The summed E-state index contributed by atoms with van der Waals surface area (Å²) in [5.74, 6) is 0.101. The lowest BCUT2D eigenvalue weighted by molar-refractivity contribution is -0.383. The Morgan fingerprint density at radius 1 is 1.11 bits per heavy atom. The van der Waals surface area contributed by atoms with E-state index in [1.54, 1.807) is 42.5 Å². The zero-order valence-corrected chi connectivity index (χ0v) is 14.1. The molecule has 8 heteroatoms. The monoisotopic (exact) mass is 372 g/mol. The van der Waals surface area contributed by atoms with Crippen molar-refractivity contribution in [3.8, 4) is 11.5 Å². The van der Waals surface area contributed by atoms with Crippen molar-refractivity contribution in [3.63, 3.8) is 0 Å². The number of nitro groups is 1. The van der Waals surface area contributed by atoms with E-state index in [-0.39, 0.29) is 17.2 Å². The van der Waals surface area contributed by atoms with E-state index >= 15 is 0 Å². The summed E-state index contributed by atoms with van der Waals surface area (Å²) < 4.78 is 34.2. The first kappa shape index (κ1) is 18.2. The van der Waals surface area contributed by atoms with Crippen LogP contribution in [-0.2, 0) is 0 Å². The molecule has 0 atom stereocenters. The Hall–Kier alpha value is -3.55. The van der Waals surface area contributed by atoms with E-state index in [0.29, 0.717) is 22.2 Å². The van der Waals surface area contributed by atoms with Crippen LogP contribution >= 0.6 is 0 Å². The maximum Gasteiger partial charge on any atom is 0.387 e. The van der Waals surface area contributed by atoms with Gasteiger partial charge in [0.15, 0.2) is 11.5 Å². The van der Waals surface area contributed by atoms with Gasteiger partial charge in [0.2, 0.25) is 0 Å². The number of halogens is 2. The molecule has 0 spiro atoms. The lowest BCUT2D eigenvalue weighted by Crippen LogP contribution is -2.03. The fourth-order valence-electron chi connectivity index (χ4n) is 2.55. The molecule has 0 amide bonds. The first-order valence-electron chi connectivity index (χ1n) is 7.83. The highest BCUT2D eigenvalue weighted by atomic mass is 19.3. The van der Waals surface area contributed by atoms with E-state index < -0.39 is 11.5 Å². The third-order valence-corrected chi connectivity index (χ3v) is 3.77. The highest BCUT2D eigenvalue weighted by Gasteiger charge is 2.13. The Kier molecular flexibility index (Phi) is 5.25. The number of ether oxygens (including phenoxy) is 2. The molecule has 0 radical (unpaired) electrons. The summed E-state index contributed by atoms with van der Waals surface area (Å²) in [5, 5.41) is 11.8. The molecular weight excluding hydrogens is 358 g/mol. The van der Waals surface area contributed by atoms with Crippen molar-refractivity contribution in [3.05, 3.63) is 69.9 Å². The molecule has 3 aromatic rings. The first-order valence-corrected chi connectivity index (χ1v) is 7.83. The molecule has 138 valence electrons. The number of methoxy groups -OCH3 is 1.